The molecule has 1 saturated carbocycles. The quantitative estimate of drug-likeness (QED) is 0.604. The van der Waals surface area contributed by atoms with Crippen LogP contribution in [-0.2, 0) is 4.74 Å². The van der Waals surface area contributed by atoms with E-state index < -0.39 is 5.97 Å². The molecule has 1 aliphatic rings. The summed E-state index contributed by atoms with van der Waals surface area (Å²) in [5, 5.41) is 6.21. The van der Waals surface area contributed by atoms with Crippen molar-refractivity contribution in [2.24, 2.45) is 0 Å². The van der Waals surface area contributed by atoms with Crippen molar-refractivity contribution in [1.82, 2.24) is 15.3 Å². The molecule has 0 saturated heterocycles. The largest absolute Gasteiger partial charge is 0.465 e. The Bertz CT molecular complexity index is 845. The molecule has 1 fully saturated rings. The molecular weight excluding hydrogens is 356 g/mol. The number of amides is 1. The van der Waals surface area contributed by atoms with Crippen LogP contribution in [0.2, 0.25) is 0 Å². The molecule has 1 aromatic carbocycles. The Morgan fingerprint density at radius 1 is 1.07 bits per heavy atom. The maximum atomic E-state index is 12.7. The molecule has 1 aliphatic carbocycles. The van der Waals surface area contributed by atoms with Gasteiger partial charge in [-0.05, 0) is 31.9 Å². The summed E-state index contributed by atoms with van der Waals surface area (Å²) in [6.07, 6.45) is 6.76. The fourth-order valence-electron chi connectivity index (χ4n) is 3.45. The van der Waals surface area contributed by atoms with Crippen LogP contribution >= 0.6 is 0 Å². The summed E-state index contributed by atoms with van der Waals surface area (Å²) < 4.78 is 4.82. The van der Waals surface area contributed by atoms with Gasteiger partial charge in [0.05, 0.1) is 18.4 Å². The average molecular weight is 382 g/mol. The van der Waals surface area contributed by atoms with Gasteiger partial charge in [-0.15, -0.1) is 0 Å². The molecule has 7 nitrogen and oxygen atoms in total. The number of carbonyl (C=O) groups is 2. The van der Waals surface area contributed by atoms with Crippen molar-refractivity contribution in [2.75, 3.05) is 12.4 Å². The van der Waals surface area contributed by atoms with Gasteiger partial charge in [-0.25, -0.2) is 14.8 Å². The topological polar surface area (TPSA) is 93.2 Å². The summed E-state index contributed by atoms with van der Waals surface area (Å²) in [6.45, 7) is 1.74. The van der Waals surface area contributed by atoms with Crippen molar-refractivity contribution in [3.63, 3.8) is 0 Å². The number of aryl methyl sites for hydroxylation is 1. The monoisotopic (exact) mass is 382 g/mol. The van der Waals surface area contributed by atoms with Crippen LogP contribution in [0.4, 0.5) is 11.5 Å². The van der Waals surface area contributed by atoms with E-state index in [4.69, 9.17) is 4.74 Å². The van der Waals surface area contributed by atoms with Crippen molar-refractivity contribution in [3.8, 4) is 0 Å². The van der Waals surface area contributed by atoms with Crippen molar-refractivity contribution < 1.29 is 14.3 Å². The van der Waals surface area contributed by atoms with E-state index in [1.807, 2.05) is 6.07 Å². The molecule has 0 unspecified atom stereocenters. The predicted molar refractivity (Wildman–Crippen MR) is 107 cm³/mol. The lowest BCUT2D eigenvalue weighted by molar-refractivity contribution is 0.0601. The highest BCUT2D eigenvalue weighted by molar-refractivity contribution is 5.97. The fraction of sp³-hybridized carbons (Fsp3) is 0.429. The number of hydrogen-bond acceptors (Lipinski definition) is 6. The Balaban J connectivity index is 1.78. The van der Waals surface area contributed by atoms with Gasteiger partial charge in [0.1, 0.15) is 17.3 Å². The molecule has 1 heterocycles. The Kier molecular flexibility index (Phi) is 6.57. The van der Waals surface area contributed by atoms with E-state index >= 15 is 0 Å². The summed E-state index contributed by atoms with van der Waals surface area (Å²) >= 11 is 0. The summed E-state index contributed by atoms with van der Waals surface area (Å²) in [5.41, 5.74) is 1.27. The maximum absolute atomic E-state index is 12.7. The number of aromatic nitrogens is 2. The van der Waals surface area contributed by atoms with Gasteiger partial charge >= 0.3 is 5.97 Å². The van der Waals surface area contributed by atoms with Gasteiger partial charge in [0, 0.05) is 12.1 Å². The van der Waals surface area contributed by atoms with E-state index in [1.54, 1.807) is 31.2 Å². The smallest absolute Gasteiger partial charge is 0.339 e. The maximum Gasteiger partial charge on any atom is 0.339 e. The van der Waals surface area contributed by atoms with Crippen LogP contribution in [0.25, 0.3) is 0 Å². The van der Waals surface area contributed by atoms with Crippen LogP contribution in [0.1, 0.15) is 65.2 Å². The number of esters is 1. The van der Waals surface area contributed by atoms with Crippen molar-refractivity contribution >= 4 is 23.4 Å². The van der Waals surface area contributed by atoms with E-state index in [1.165, 1.54) is 20.0 Å². The Morgan fingerprint density at radius 2 is 1.79 bits per heavy atom. The summed E-state index contributed by atoms with van der Waals surface area (Å²) in [7, 11) is 1.34. The third-order valence-electron chi connectivity index (χ3n) is 4.86. The fourth-order valence-corrected chi connectivity index (χ4v) is 3.45. The first-order chi connectivity index (χ1) is 13.6. The molecule has 2 N–H and O–H groups in total. The first-order valence-corrected chi connectivity index (χ1v) is 9.67. The molecule has 0 atom stereocenters. The van der Waals surface area contributed by atoms with Crippen molar-refractivity contribution in [2.45, 2.75) is 51.5 Å². The third-order valence-corrected chi connectivity index (χ3v) is 4.86. The Morgan fingerprint density at radius 3 is 2.50 bits per heavy atom. The summed E-state index contributed by atoms with van der Waals surface area (Å²) in [4.78, 5) is 33.3. The lowest BCUT2D eigenvalue weighted by atomic mass is 10.1. The van der Waals surface area contributed by atoms with Gasteiger partial charge in [0.2, 0.25) is 0 Å². The second kappa shape index (κ2) is 9.30. The predicted octanol–water partition coefficient (Wildman–Crippen LogP) is 3.77. The summed E-state index contributed by atoms with van der Waals surface area (Å²) in [6, 6.07) is 8.79. The van der Waals surface area contributed by atoms with E-state index in [9.17, 15) is 9.59 Å². The number of carbonyl (C=O) groups excluding carboxylic acids is 2. The number of nitrogens with one attached hydrogen (secondary N) is 2. The van der Waals surface area contributed by atoms with Crippen LogP contribution in [0.3, 0.4) is 0 Å². The number of ether oxygens (including phenoxy) is 1. The normalized spacial score (nSPS) is 14.8. The number of anilines is 2. The number of hydrogen-bond donors (Lipinski definition) is 2. The van der Waals surface area contributed by atoms with E-state index in [2.05, 4.69) is 20.6 Å². The zero-order chi connectivity index (χ0) is 19.9. The Hall–Kier alpha value is -2.96. The van der Waals surface area contributed by atoms with Crippen LogP contribution in [0.5, 0.6) is 0 Å². The lowest BCUT2D eigenvalue weighted by Gasteiger charge is -2.16. The molecular formula is C21H26N4O3. The van der Waals surface area contributed by atoms with Crippen LogP contribution in [0, 0.1) is 6.92 Å². The minimum atomic E-state index is -0.444. The van der Waals surface area contributed by atoms with Crippen LogP contribution < -0.4 is 10.6 Å². The molecule has 7 heteroatoms. The van der Waals surface area contributed by atoms with Crippen LogP contribution in [0.15, 0.2) is 30.3 Å². The average Bonchev–Trinajstić information content (AvgIpc) is 2.96. The molecule has 0 bridgehead atoms. The molecule has 0 radical (unpaired) electrons. The van der Waals surface area contributed by atoms with Gasteiger partial charge in [0.15, 0.2) is 0 Å². The minimum absolute atomic E-state index is 0.193. The minimum Gasteiger partial charge on any atom is -0.465 e. The van der Waals surface area contributed by atoms with E-state index in [-0.39, 0.29) is 11.9 Å². The second-order valence-electron chi connectivity index (χ2n) is 7.01. The molecule has 28 heavy (non-hydrogen) atoms. The molecule has 0 aliphatic heterocycles. The number of benzene rings is 1. The number of methoxy groups -OCH3 is 1. The first kappa shape index (κ1) is 19.8. The summed E-state index contributed by atoms with van der Waals surface area (Å²) in [5.74, 6) is 0.295. The molecule has 2 aromatic rings. The standard InChI is InChI=1S/C21H26N4O3/c1-14-22-18(20(26)24-15-9-5-3-4-6-10-15)13-19(23-14)25-17-12-8-7-11-16(17)21(27)28-2/h7-8,11-13,15H,3-6,9-10H2,1-2H3,(H,24,26)(H,22,23,25). The van der Waals surface area contributed by atoms with E-state index in [0.29, 0.717) is 28.6 Å². The highest BCUT2D eigenvalue weighted by Gasteiger charge is 2.18. The van der Waals surface area contributed by atoms with Crippen LogP contribution in [-0.4, -0.2) is 35.0 Å². The zero-order valence-corrected chi connectivity index (χ0v) is 16.3. The number of nitrogens with zero attached hydrogens (tertiary/aromatic N) is 2. The van der Waals surface area contributed by atoms with Gasteiger partial charge in [-0.2, -0.15) is 0 Å². The third kappa shape index (κ3) is 5.06. The highest BCUT2D eigenvalue weighted by atomic mass is 16.5. The molecule has 1 aromatic heterocycles. The van der Waals surface area contributed by atoms with E-state index in [0.717, 1.165) is 25.7 Å². The number of rotatable bonds is 5. The van der Waals surface area contributed by atoms with Crippen molar-refractivity contribution in [1.29, 1.82) is 0 Å². The van der Waals surface area contributed by atoms with Gasteiger partial charge in [-0.3, -0.25) is 4.79 Å². The van der Waals surface area contributed by atoms with Gasteiger partial charge in [0.25, 0.3) is 5.91 Å². The first-order valence-electron chi connectivity index (χ1n) is 9.67. The number of para-hydroxylation sites is 1. The molecule has 3 rings (SSSR count). The SMILES string of the molecule is COC(=O)c1ccccc1Nc1cc(C(=O)NC2CCCCCC2)nc(C)n1. The molecule has 1 amide bonds. The lowest BCUT2D eigenvalue weighted by Crippen LogP contribution is -2.35. The zero-order valence-electron chi connectivity index (χ0n) is 16.3. The second-order valence-corrected chi connectivity index (χ2v) is 7.01. The van der Waals surface area contributed by atoms with Gasteiger partial charge < -0.3 is 15.4 Å². The van der Waals surface area contributed by atoms with Crippen molar-refractivity contribution in [3.05, 3.63) is 47.4 Å². The Labute approximate surface area is 164 Å². The molecule has 0 spiro atoms. The van der Waals surface area contributed by atoms with Gasteiger partial charge in [-0.1, -0.05) is 37.8 Å². The highest BCUT2D eigenvalue weighted by Crippen LogP contribution is 2.21. The molecule has 148 valence electrons.